The van der Waals surface area contributed by atoms with Crippen LogP contribution in [-0.2, 0) is 0 Å². The Morgan fingerprint density at radius 2 is 1.04 bits per heavy atom. The van der Waals surface area contributed by atoms with Crippen LogP contribution in [0.15, 0.2) is 187 Å². The minimum Gasteiger partial charge on any atom is -0.321 e. The Balaban J connectivity index is 1.16. The highest BCUT2D eigenvalue weighted by atomic mass is 14.7. The first-order valence-electron chi connectivity index (χ1n) is 17.1. The first-order chi connectivity index (χ1) is 24.7. The monoisotopic (exact) mass is 638 g/mol. The van der Waals surface area contributed by atoms with Crippen molar-refractivity contribution in [3.8, 4) is 11.1 Å². The Labute approximate surface area is 291 Å². The van der Waals surface area contributed by atoms with Gasteiger partial charge in [-0.05, 0) is 94.3 Å². The Kier molecular flexibility index (Phi) is 7.50. The molecule has 50 heavy (non-hydrogen) atoms. The maximum Gasteiger partial charge on any atom is 0.0687 e. The zero-order valence-corrected chi connectivity index (χ0v) is 27.5. The van der Waals surface area contributed by atoms with E-state index in [0.717, 1.165) is 27.8 Å². The quantitative estimate of drug-likeness (QED) is 0.110. The number of nitrogens with two attached hydrogens (primary N) is 1. The van der Waals surface area contributed by atoms with Crippen LogP contribution in [0.2, 0.25) is 0 Å². The molecule has 2 nitrogen and oxygen atoms in total. The third-order valence-electron chi connectivity index (χ3n) is 9.89. The van der Waals surface area contributed by atoms with Gasteiger partial charge in [0, 0.05) is 11.8 Å². The van der Waals surface area contributed by atoms with E-state index in [9.17, 15) is 0 Å². The summed E-state index contributed by atoms with van der Waals surface area (Å²) in [6.45, 7) is 0. The molecule has 2 heteroatoms. The van der Waals surface area contributed by atoms with Crippen LogP contribution < -0.4 is 5.73 Å². The van der Waals surface area contributed by atoms with Crippen molar-refractivity contribution in [1.82, 2.24) is 0 Å². The predicted molar refractivity (Wildman–Crippen MR) is 215 cm³/mol. The number of fused-ring (bicyclic) bond motifs is 7. The second-order valence-electron chi connectivity index (χ2n) is 12.9. The molecule has 0 aliphatic rings. The van der Waals surface area contributed by atoms with Crippen LogP contribution in [0, 0.1) is 0 Å². The van der Waals surface area contributed by atoms with Gasteiger partial charge in [0.1, 0.15) is 0 Å². The normalized spacial score (nSPS) is 12.9. The molecule has 0 fully saturated rings. The lowest BCUT2D eigenvalue weighted by Gasteiger charge is -2.15. The average Bonchev–Trinajstić information content (AvgIpc) is 3.19. The lowest BCUT2D eigenvalue weighted by atomic mass is 9.89. The summed E-state index contributed by atoms with van der Waals surface area (Å²) in [5, 5.41) is 12.3. The Morgan fingerprint density at radius 1 is 0.460 bits per heavy atom. The number of nitrogens with zero attached hydrogens (tertiary/aromatic N) is 1. The van der Waals surface area contributed by atoms with Gasteiger partial charge < -0.3 is 5.73 Å². The summed E-state index contributed by atoms with van der Waals surface area (Å²) < 4.78 is 0. The number of hydrogen-bond acceptors (Lipinski definition) is 2. The van der Waals surface area contributed by atoms with Crippen LogP contribution in [0.5, 0.6) is 0 Å². The standard InChI is InChI=1S/C48H34N2/c49-46(34-13-2-1-3-14-34)30-47(45-29-36-15-5-8-18-39(36)41-20-10-11-21-42(41)45)50-31-32-22-24-35(25-23-32)48-40-19-9-6-16-37(40)28-44-38-17-7-4-12-33(38)26-27-43(44)48/h1-31,46H,49H2/b47-30-,50-31+. The maximum atomic E-state index is 6.82. The highest BCUT2D eigenvalue weighted by Gasteiger charge is 2.14. The molecule has 9 rings (SSSR count). The smallest absolute Gasteiger partial charge is 0.0687 e. The molecule has 2 N–H and O–H groups in total. The van der Waals surface area contributed by atoms with Gasteiger partial charge in [-0.15, -0.1) is 0 Å². The SMILES string of the molecule is NC(/C=C(\N=C\c1ccc(-c2c3ccccc3cc3c2ccc2ccccc23)cc1)c1cc2ccccc2c2ccccc12)c1ccccc1. The van der Waals surface area contributed by atoms with E-state index in [2.05, 4.69) is 164 Å². The summed E-state index contributed by atoms with van der Waals surface area (Å²) in [7, 11) is 0. The third kappa shape index (κ3) is 5.33. The highest BCUT2D eigenvalue weighted by Crippen LogP contribution is 2.39. The van der Waals surface area contributed by atoms with Gasteiger partial charge >= 0.3 is 0 Å². The van der Waals surface area contributed by atoms with E-state index in [1.54, 1.807) is 0 Å². The summed E-state index contributed by atoms with van der Waals surface area (Å²) in [6.07, 6.45) is 4.05. The van der Waals surface area contributed by atoms with E-state index in [4.69, 9.17) is 10.7 Å². The van der Waals surface area contributed by atoms with E-state index in [1.165, 1.54) is 59.6 Å². The van der Waals surface area contributed by atoms with Crippen molar-refractivity contribution in [2.24, 2.45) is 10.7 Å². The summed E-state index contributed by atoms with van der Waals surface area (Å²) in [5.74, 6) is 0. The Bertz CT molecular complexity index is 2760. The Morgan fingerprint density at radius 3 is 1.78 bits per heavy atom. The van der Waals surface area contributed by atoms with E-state index >= 15 is 0 Å². The van der Waals surface area contributed by atoms with Gasteiger partial charge in [0.25, 0.3) is 0 Å². The van der Waals surface area contributed by atoms with Gasteiger partial charge in [-0.1, -0.05) is 164 Å². The van der Waals surface area contributed by atoms with Gasteiger partial charge in [-0.25, -0.2) is 0 Å². The third-order valence-corrected chi connectivity index (χ3v) is 9.89. The van der Waals surface area contributed by atoms with Gasteiger partial charge in [0.2, 0.25) is 0 Å². The molecule has 0 spiro atoms. The molecular weight excluding hydrogens is 605 g/mol. The van der Waals surface area contributed by atoms with Crippen LogP contribution in [0.4, 0.5) is 0 Å². The molecule has 0 aromatic heterocycles. The first-order valence-corrected chi connectivity index (χ1v) is 17.1. The average molecular weight is 639 g/mol. The molecule has 0 radical (unpaired) electrons. The Hall–Kier alpha value is -6.35. The zero-order chi connectivity index (χ0) is 33.4. The molecule has 1 unspecified atom stereocenters. The minimum absolute atomic E-state index is 0.313. The van der Waals surface area contributed by atoms with Crippen LogP contribution in [-0.4, -0.2) is 6.21 Å². The predicted octanol–water partition coefficient (Wildman–Crippen LogP) is 12.3. The lowest BCUT2D eigenvalue weighted by Crippen LogP contribution is -2.07. The fraction of sp³-hybridized carbons (Fsp3) is 0.0208. The number of aliphatic imine (C=N–C) groups is 1. The van der Waals surface area contributed by atoms with Crippen molar-refractivity contribution in [3.05, 3.63) is 199 Å². The van der Waals surface area contributed by atoms with E-state index in [0.29, 0.717) is 0 Å². The number of rotatable bonds is 6. The van der Waals surface area contributed by atoms with Gasteiger partial charge in [-0.3, -0.25) is 4.99 Å². The van der Waals surface area contributed by atoms with Crippen molar-refractivity contribution >= 4 is 65.8 Å². The summed E-state index contributed by atoms with van der Waals surface area (Å²) in [4.78, 5) is 5.18. The first kappa shape index (κ1) is 29.8. The molecule has 0 aliphatic heterocycles. The molecule has 0 saturated carbocycles. The lowest BCUT2D eigenvalue weighted by molar-refractivity contribution is 0.911. The minimum atomic E-state index is -0.313. The van der Waals surface area contributed by atoms with Crippen molar-refractivity contribution in [2.45, 2.75) is 6.04 Å². The summed E-state index contributed by atoms with van der Waals surface area (Å²) in [5.41, 5.74) is 13.2. The molecular formula is C48H34N2. The van der Waals surface area contributed by atoms with Crippen LogP contribution in [0.25, 0.3) is 70.7 Å². The van der Waals surface area contributed by atoms with E-state index in [1.807, 2.05) is 24.4 Å². The second kappa shape index (κ2) is 12.6. The molecule has 0 bridgehead atoms. The maximum absolute atomic E-state index is 6.82. The molecule has 0 heterocycles. The van der Waals surface area contributed by atoms with Crippen molar-refractivity contribution < 1.29 is 0 Å². The van der Waals surface area contributed by atoms with Crippen LogP contribution >= 0.6 is 0 Å². The zero-order valence-electron chi connectivity index (χ0n) is 27.5. The van der Waals surface area contributed by atoms with Gasteiger partial charge in [0.15, 0.2) is 0 Å². The molecule has 1 atom stereocenters. The fourth-order valence-electron chi connectivity index (χ4n) is 7.42. The molecule has 0 amide bonds. The largest absolute Gasteiger partial charge is 0.321 e. The van der Waals surface area contributed by atoms with Crippen LogP contribution in [0.3, 0.4) is 0 Å². The molecule has 9 aromatic rings. The van der Waals surface area contributed by atoms with Crippen molar-refractivity contribution in [3.63, 3.8) is 0 Å². The van der Waals surface area contributed by atoms with Crippen molar-refractivity contribution in [1.29, 1.82) is 0 Å². The molecule has 9 aromatic carbocycles. The second-order valence-corrected chi connectivity index (χ2v) is 12.9. The van der Waals surface area contributed by atoms with Gasteiger partial charge in [0.05, 0.1) is 11.7 Å². The molecule has 0 aliphatic carbocycles. The number of hydrogen-bond donors (Lipinski definition) is 1. The molecule has 236 valence electrons. The van der Waals surface area contributed by atoms with E-state index < -0.39 is 0 Å². The van der Waals surface area contributed by atoms with Gasteiger partial charge in [-0.2, -0.15) is 0 Å². The van der Waals surface area contributed by atoms with Crippen LogP contribution in [0.1, 0.15) is 22.7 Å². The molecule has 0 saturated heterocycles. The summed E-state index contributed by atoms with van der Waals surface area (Å²) >= 11 is 0. The van der Waals surface area contributed by atoms with E-state index in [-0.39, 0.29) is 6.04 Å². The van der Waals surface area contributed by atoms with Crippen molar-refractivity contribution in [2.75, 3.05) is 0 Å². The summed E-state index contributed by atoms with van der Waals surface area (Å²) in [6, 6.07) is 62.2. The topological polar surface area (TPSA) is 38.4 Å². The fourth-order valence-corrected chi connectivity index (χ4v) is 7.42. The highest BCUT2D eigenvalue weighted by molar-refractivity contribution is 6.20. The number of benzene rings is 9.